The quantitative estimate of drug-likeness (QED) is 0.756. The third kappa shape index (κ3) is 3.84. The average molecular weight is 339 g/mol. The molecule has 1 aliphatic carbocycles. The van der Waals surface area contributed by atoms with Gasteiger partial charge in [0.15, 0.2) is 0 Å². The van der Waals surface area contributed by atoms with E-state index in [1.807, 2.05) is 0 Å². The highest BCUT2D eigenvalue weighted by molar-refractivity contribution is 9.10. The van der Waals surface area contributed by atoms with E-state index in [-0.39, 0.29) is 6.04 Å². The third-order valence-corrected chi connectivity index (χ3v) is 4.97. The Bertz CT molecular complexity index is 417. The van der Waals surface area contributed by atoms with Crippen LogP contribution in [0.5, 0.6) is 0 Å². The molecule has 0 radical (unpaired) electrons. The predicted octanol–water partition coefficient (Wildman–Crippen LogP) is 4.49. The maximum atomic E-state index is 6.49. The molecule has 2 nitrogen and oxygen atoms in total. The van der Waals surface area contributed by atoms with E-state index in [1.54, 1.807) is 0 Å². The highest BCUT2D eigenvalue weighted by Crippen LogP contribution is 2.38. The second kappa shape index (κ2) is 7.58. The van der Waals surface area contributed by atoms with Crippen molar-refractivity contribution in [3.05, 3.63) is 34.3 Å². The fourth-order valence-corrected chi connectivity index (χ4v) is 3.41. The Balaban J connectivity index is 2.27. The van der Waals surface area contributed by atoms with Crippen LogP contribution in [0.25, 0.3) is 0 Å². The number of unbranched alkanes of at least 4 members (excludes halogenated alkanes) is 1. The van der Waals surface area contributed by atoms with Gasteiger partial charge in [0.1, 0.15) is 0 Å². The second-order valence-corrected chi connectivity index (χ2v) is 6.72. The molecule has 0 aromatic heterocycles. The largest absolute Gasteiger partial charge is 0.326 e. The van der Waals surface area contributed by atoms with E-state index >= 15 is 0 Å². The molecule has 0 saturated heterocycles. The van der Waals surface area contributed by atoms with Crippen LogP contribution in [0.15, 0.2) is 28.7 Å². The van der Waals surface area contributed by atoms with E-state index < -0.39 is 0 Å². The Hall–Kier alpha value is -0.380. The summed E-state index contributed by atoms with van der Waals surface area (Å²) in [6, 6.07) is 9.86. The van der Waals surface area contributed by atoms with Crippen LogP contribution in [-0.2, 0) is 0 Å². The molecule has 2 atom stereocenters. The van der Waals surface area contributed by atoms with Gasteiger partial charge < -0.3 is 5.73 Å². The molecule has 0 bridgehead atoms. The van der Waals surface area contributed by atoms with Gasteiger partial charge >= 0.3 is 0 Å². The molecule has 1 aromatic carbocycles. The molecule has 1 aliphatic rings. The van der Waals surface area contributed by atoms with E-state index in [2.05, 4.69) is 58.9 Å². The molecule has 1 fully saturated rings. The Morgan fingerprint density at radius 2 is 2.00 bits per heavy atom. The van der Waals surface area contributed by atoms with Crippen LogP contribution in [0.1, 0.15) is 57.6 Å². The molecule has 0 spiro atoms. The Labute approximate surface area is 131 Å². The van der Waals surface area contributed by atoms with Crippen LogP contribution in [0.2, 0.25) is 0 Å². The van der Waals surface area contributed by atoms with Crippen molar-refractivity contribution >= 4 is 15.9 Å². The van der Waals surface area contributed by atoms with Crippen molar-refractivity contribution in [1.82, 2.24) is 4.90 Å². The molecule has 112 valence electrons. The molecule has 1 saturated carbocycles. The summed E-state index contributed by atoms with van der Waals surface area (Å²) >= 11 is 3.72. The molecule has 2 rings (SSSR count). The summed E-state index contributed by atoms with van der Waals surface area (Å²) in [5, 5.41) is 0. The predicted molar refractivity (Wildman–Crippen MR) is 89.8 cm³/mol. The van der Waals surface area contributed by atoms with E-state index in [0.29, 0.717) is 6.04 Å². The van der Waals surface area contributed by atoms with Crippen molar-refractivity contribution in [2.75, 3.05) is 6.54 Å². The summed E-state index contributed by atoms with van der Waals surface area (Å²) in [6.07, 6.45) is 6.19. The minimum atomic E-state index is 0.200. The fraction of sp³-hybridized carbons (Fsp3) is 0.647. The lowest BCUT2D eigenvalue weighted by Gasteiger charge is -2.36. The Kier molecular flexibility index (Phi) is 6.06. The summed E-state index contributed by atoms with van der Waals surface area (Å²) in [7, 11) is 0. The van der Waals surface area contributed by atoms with E-state index in [9.17, 15) is 0 Å². The topological polar surface area (TPSA) is 29.3 Å². The lowest BCUT2D eigenvalue weighted by Crippen LogP contribution is -2.42. The lowest BCUT2D eigenvalue weighted by atomic mass is 9.95. The van der Waals surface area contributed by atoms with Gasteiger partial charge in [-0.05, 0) is 43.9 Å². The first-order valence-electron chi connectivity index (χ1n) is 7.94. The minimum Gasteiger partial charge on any atom is -0.326 e. The van der Waals surface area contributed by atoms with Crippen molar-refractivity contribution in [3.8, 4) is 0 Å². The summed E-state index contributed by atoms with van der Waals surface area (Å²) < 4.78 is 1.19. The van der Waals surface area contributed by atoms with E-state index in [1.165, 1.54) is 42.3 Å². The zero-order valence-electron chi connectivity index (χ0n) is 12.7. The molecule has 0 aliphatic heterocycles. The maximum absolute atomic E-state index is 6.49. The number of hydrogen-bond donors (Lipinski definition) is 1. The first-order chi connectivity index (χ1) is 9.69. The van der Waals surface area contributed by atoms with Gasteiger partial charge in [0.2, 0.25) is 0 Å². The second-order valence-electron chi connectivity index (χ2n) is 5.86. The average Bonchev–Trinajstić information content (AvgIpc) is 3.28. The normalized spacial score (nSPS) is 18.2. The van der Waals surface area contributed by atoms with E-state index in [0.717, 1.165) is 12.5 Å². The SMILES string of the molecule is CCCCN(C1CC1)C(c1ccccc1Br)C(N)CC. The van der Waals surface area contributed by atoms with Crippen molar-refractivity contribution in [1.29, 1.82) is 0 Å². The van der Waals surface area contributed by atoms with Gasteiger partial charge in [-0.1, -0.05) is 54.4 Å². The molecule has 3 heteroatoms. The van der Waals surface area contributed by atoms with E-state index in [4.69, 9.17) is 5.73 Å². The highest BCUT2D eigenvalue weighted by Gasteiger charge is 2.37. The number of benzene rings is 1. The minimum absolute atomic E-state index is 0.200. The molecule has 1 aromatic rings. The van der Waals surface area contributed by atoms with Gasteiger partial charge in [0.05, 0.1) is 6.04 Å². The third-order valence-electron chi connectivity index (χ3n) is 4.24. The standard InChI is InChI=1S/C17H27BrN2/c1-3-5-12-20(13-10-11-13)17(16(19)4-2)14-8-6-7-9-15(14)18/h6-9,13,16-17H,3-5,10-12,19H2,1-2H3. The van der Waals surface area contributed by atoms with Crippen LogP contribution in [0, 0.1) is 0 Å². The van der Waals surface area contributed by atoms with Gasteiger partial charge in [0.25, 0.3) is 0 Å². The van der Waals surface area contributed by atoms with Crippen molar-refractivity contribution < 1.29 is 0 Å². The first-order valence-corrected chi connectivity index (χ1v) is 8.74. The number of nitrogens with two attached hydrogens (primary N) is 1. The zero-order valence-corrected chi connectivity index (χ0v) is 14.3. The Morgan fingerprint density at radius 3 is 2.55 bits per heavy atom. The summed E-state index contributed by atoms with van der Waals surface area (Å²) in [5.74, 6) is 0. The number of rotatable bonds is 8. The molecule has 2 unspecified atom stereocenters. The van der Waals surface area contributed by atoms with Crippen molar-refractivity contribution in [2.24, 2.45) is 5.73 Å². The smallest absolute Gasteiger partial charge is 0.0513 e. The zero-order chi connectivity index (χ0) is 14.5. The summed E-state index contributed by atoms with van der Waals surface area (Å²) in [6.45, 7) is 5.62. The van der Waals surface area contributed by atoms with Crippen LogP contribution >= 0.6 is 15.9 Å². The van der Waals surface area contributed by atoms with Gasteiger partial charge in [-0.15, -0.1) is 0 Å². The van der Waals surface area contributed by atoms with Gasteiger partial charge in [-0.25, -0.2) is 0 Å². The number of nitrogens with zero attached hydrogens (tertiary/aromatic N) is 1. The van der Waals surface area contributed by atoms with Crippen LogP contribution in [0.4, 0.5) is 0 Å². The van der Waals surface area contributed by atoms with Gasteiger partial charge in [-0.2, -0.15) is 0 Å². The van der Waals surface area contributed by atoms with Gasteiger partial charge in [-0.3, -0.25) is 4.90 Å². The molecule has 0 amide bonds. The molecular formula is C17H27BrN2. The lowest BCUT2D eigenvalue weighted by molar-refractivity contribution is 0.156. The highest BCUT2D eigenvalue weighted by atomic mass is 79.9. The molecule has 20 heavy (non-hydrogen) atoms. The fourth-order valence-electron chi connectivity index (χ4n) is 2.89. The Morgan fingerprint density at radius 1 is 1.30 bits per heavy atom. The monoisotopic (exact) mass is 338 g/mol. The molecular weight excluding hydrogens is 312 g/mol. The van der Waals surface area contributed by atoms with Crippen LogP contribution < -0.4 is 5.73 Å². The van der Waals surface area contributed by atoms with Crippen LogP contribution in [0.3, 0.4) is 0 Å². The van der Waals surface area contributed by atoms with Crippen LogP contribution in [-0.4, -0.2) is 23.5 Å². The molecule has 2 N–H and O–H groups in total. The number of hydrogen-bond acceptors (Lipinski definition) is 2. The maximum Gasteiger partial charge on any atom is 0.0513 e. The molecule has 0 heterocycles. The van der Waals surface area contributed by atoms with Gasteiger partial charge in [0, 0.05) is 16.6 Å². The van der Waals surface area contributed by atoms with Crippen molar-refractivity contribution in [2.45, 2.75) is 64.1 Å². The summed E-state index contributed by atoms with van der Waals surface area (Å²) in [4.78, 5) is 2.66. The number of halogens is 1. The van der Waals surface area contributed by atoms with Crippen molar-refractivity contribution in [3.63, 3.8) is 0 Å². The first kappa shape index (κ1) is 16.0. The summed E-state index contributed by atoms with van der Waals surface area (Å²) in [5.41, 5.74) is 7.85.